The van der Waals surface area contributed by atoms with Crippen molar-refractivity contribution >= 4 is 40.2 Å². The highest BCUT2D eigenvalue weighted by Crippen LogP contribution is 2.33. The van der Waals surface area contributed by atoms with E-state index < -0.39 is 4.92 Å². The lowest BCUT2D eigenvalue weighted by Gasteiger charge is -2.19. The second-order valence-corrected chi connectivity index (χ2v) is 7.43. The Morgan fingerprint density at radius 2 is 1.61 bits per heavy atom. The maximum Gasteiger partial charge on any atom is 0.269 e. The van der Waals surface area contributed by atoms with Gasteiger partial charge in [0.15, 0.2) is 17.4 Å². The fourth-order valence-electron chi connectivity index (χ4n) is 3.82. The van der Waals surface area contributed by atoms with Crippen LogP contribution in [-0.4, -0.2) is 32.7 Å². The smallest absolute Gasteiger partial charge is 0.269 e. The summed E-state index contributed by atoms with van der Waals surface area (Å²) in [5.74, 6) is 0.300. The molecular weight excluding hydrogens is 422 g/mol. The monoisotopic (exact) mass is 437 g/mol. The average molecular weight is 437 g/mol. The number of rotatable bonds is 4. The van der Waals surface area contributed by atoms with E-state index in [1.165, 1.54) is 18.3 Å². The number of anilines is 1. The maximum absolute atomic E-state index is 13.3. The third kappa shape index (κ3) is 3.41. The van der Waals surface area contributed by atoms with E-state index in [-0.39, 0.29) is 22.8 Å². The number of hydrogen-bond donors (Lipinski definition) is 1. The van der Waals surface area contributed by atoms with Crippen LogP contribution >= 0.6 is 0 Å². The van der Waals surface area contributed by atoms with Crippen LogP contribution in [0.5, 0.6) is 0 Å². The molecule has 1 aromatic heterocycles. The molecule has 33 heavy (non-hydrogen) atoms. The number of nitrogens with zero attached hydrogens (tertiary/aromatic N) is 4. The first-order valence-electron chi connectivity index (χ1n) is 9.97. The molecule has 160 valence electrons. The van der Waals surface area contributed by atoms with Gasteiger partial charge < -0.3 is 0 Å². The Kier molecular flexibility index (Phi) is 4.71. The van der Waals surface area contributed by atoms with Gasteiger partial charge in [-0.2, -0.15) is 5.10 Å². The van der Waals surface area contributed by atoms with Crippen molar-refractivity contribution in [3.8, 4) is 0 Å². The van der Waals surface area contributed by atoms with E-state index in [0.717, 1.165) is 0 Å². The molecule has 0 aliphatic heterocycles. The predicted octanol–water partition coefficient (Wildman–Crippen LogP) is 4.07. The average Bonchev–Trinajstić information content (AvgIpc) is 2.82. The molecule has 0 radical (unpaired) electrons. The summed E-state index contributed by atoms with van der Waals surface area (Å²) in [5.41, 5.74) is 5.17. The highest BCUT2D eigenvalue weighted by molar-refractivity contribution is 6.32. The Labute approximate surface area is 187 Å². The fraction of sp³-hybridized carbons (Fsp3) is 0.0417. The number of fused-ring (bicyclic) bond motifs is 4. The molecule has 0 atom stereocenters. The lowest BCUT2D eigenvalue weighted by Crippen LogP contribution is -2.21. The van der Waals surface area contributed by atoms with Crippen LogP contribution in [0.15, 0.2) is 65.8 Å². The summed E-state index contributed by atoms with van der Waals surface area (Å²) >= 11 is 0. The van der Waals surface area contributed by atoms with Crippen LogP contribution in [0.2, 0.25) is 0 Å². The maximum atomic E-state index is 13.3. The molecule has 0 saturated carbocycles. The number of nitrogens with one attached hydrogen (secondary N) is 1. The number of nitro groups is 1. The fourth-order valence-corrected chi connectivity index (χ4v) is 3.82. The Hall–Kier alpha value is -4.79. The van der Waals surface area contributed by atoms with Gasteiger partial charge in [0.05, 0.1) is 22.2 Å². The number of carbonyl (C=O) groups is 2. The quantitative estimate of drug-likeness (QED) is 0.255. The van der Waals surface area contributed by atoms with Gasteiger partial charge in [-0.3, -0.25) is 25.1 Å². The molecule has 5 rings (SSSR count). The molecule has 0 bridgehead atoms. The third-order valence-electron chi connectivity index (χ3n) is 5.36. The molecule has 1 heterocycles. The summed E-state index contributed by atoms with van der Waals surface area (Å²) < 4.78 is 0. The van der Waals surface area contributed by atoms with Gasteiger partial charge in [-0.15, -0.1) is 0 Å². The Balaban J connectivity index is 1.54. The molecule has 1 N–H and O–H groups in total. The first kappa shape index (κ1) is 20.1. The van der Waals surface area contributed by atoms with Crippen molar-refractivity contribution in [3.05, 3.63) is 104 Å². The van der Waals surface area contributed by atoms with Crippen LogP contribution in [0.25, 0.3) is 10.9 Å². The van der Waals surface area contributed by atoms with Gasteiger partial charge in [-0.1, -0.05) is 24.3 Å². The zero-order chi connectivity index (χ0) is 23.1. The number of aryl methyl sites for hydroxylation is 1. The number of hydrazone groups is 1. The van der Waals surface area contributed by atoms with E-state index in [1.807, 2.05) is 0 Å². The van der Waals surface area contributed by atoms with Crippen LogP contribution < -0.4 is 5.43 Å². The summed E-state index contributed by atoms with van der Waals surface area (Å²) in [5, 5.41) is 15.5. The van der Waals surface area contributed by atoms with Gasteiger partial charge in [-0.25, -0.2) is 9.97 Å². The van der Waals surface area contributed by atoms with E-state index in [2.05, 4.69) is 20.5 Å². The topological polar surface area (TPSA) is 127 Å². The zero-order valence-electron chi connectivity index (χ0n) is 17.3. The Morgan fingerprint density at radius 3 is 2.30 bits per heavy atom. The van der Waals surface area contributed by atoms with Gasteiger partial charge in [-0.05, 0) is 36.8 Å². The first-order chi connectivity index (χ1) is 15.9. The van der Waals surface area contributed by atoms with Gasteiger partial charge in [0.1, 0.15) is 5.82 Å². The van der Waals surface area contributed by atoms with E-state index >= 15 is 0 Å². The molecule has 9 heteroatoms. The lowest BCUT2D eigenvalue weighted by atomic mass is 9.83. The van der Waals surface area contributed by atoms with Crippen molar-refractivity contribution in [1.29, 1.82) is 0 Å². The molecule has 0 amide bonds. The van der Waals surface area contributed by atoms with Crippen LogP contribution in [-0.2, 0) is 0 Å². The molecule has 0 saturated heterocycles. The van der Waals surface area contributed by atoms with Crippen LogP contribution in [0, 0.1) is 17.0 Å². The number of hydrogen-bond acceptors (Lipinski definition) is 8. The molecule has 1 aliphatic carbocycles. The van der Waals surface area contributed by atoms with Gasteiger partial charge in [0.25, 0.3) is 5.69 Å². The minimum atomic E-state index is -0.472. The SMILES string of the molecule is Cc1nc(N/N=C/c2ccc([N+](=O)[O-])cc2)c2ccc3c(c2n1)C(=O)c1ccccc1C3=O. The van der Waals surface area contributed by atoms with Crippen molar-refractivity contribution in [2.75, 3.05) is 5.43 Å². The summed E-state index contributed by atoms with van der Waals surface area (Å²) in [7, 11) is 0. The van der Waals surface area contributed by atoms with Crippen LogP contribution in [0.1, 0.15) is 43.2 Å². The van der Waals surface area contributed by atoms with E-state index in [9.17, 15) is 19.7 Å². The van der Waals surface area contributed by atoms with Crippen molar-refractivity contribution in [2.45, 2.75) is 6.92 Å². The molecule has 0 spiro atoms. The Bertz CT molecular complexity index is 1510. The van der Waals surface area contributed by atoms with E-state index in [1.54, 1.807) is 55.5 Å². The number of aromatic nitrogens is 2. The number of benzene rings is 3. The summed E-state index contributed by atoms with van der Waals surface area (Å²) in [6.45, 7) is 1.69. The predicted molar refractivity (Wildman–Crippen MR) is 122 cm³/mol. The van der Waals surface area contributed by atoms with Crippen molar-refractivity contribution in [1.82, 2.24) is 9.97 Å². The number of ketones is 2. The highest BCUT2D eigenvalue weighted by atomic mass is 16.6. The van der Waals surface area contributed by atoms with Gasteiger partial charge >= 0.3 is 0 Å². The summed E-state index contributed by atoms with van der Waals surface area (Å²) in [6, 6.07) is 16.0. The number of non-ortho nitro benzene ring substituents is 1. The third-order valence-corrected chi connectivity index (χ3v) is 5.36. The van der Waals surface area contributed by atoms with Crippen molar-refractivity contribution < 1.29 is 14.5 Å². The molecule has 9 nitrogen and oxygen atoms in total. The second kappa shape index (κ2) is 7.72. The standard InChI is InChI=1S/C24H15N5O4/c1-13-26-21-19(24(27-13)28-25-12-14-6-8-15(9-7-14)29(32)33)11-10-18-20(21)23(31)17-5-3-2-4-16(17)22(18)30/h2-12H,1H3,(H,26,27,28)/b25-12+. The summed E-state index contributed by atoms with van der Waals surface area (Å²) in [6.07, 6.45) is 1.50. The van der Waals surface area contributed by atoms with Crippen molar-refractivity contribution in [3.63, 3.8) is 0 Å². The van der Waals surface area contributed by atoms with E-state index in [0.29, 0.717) is 44.8 Å². The van der Waals surface area contributed by atoms with Crippen molar-refractivity contribution in [2.24, 2.45) is 5.10 Å². The number of nitro benzene ring substituents is 1. The molecule has 0 fully saturated rings. The first-order valence-corrected chi connectivity index (χ1v) is 9.97. The van der Waals surface area contributed by atoms with Gasteiger partial charge in [0.2, 0.25) is 0 Å². The number of carbonyl (C=O) groups excluding carboxylic acids is 2. The lowest BCUT2D eigenvalue weighted by molar-refractivity contribution is -0.384. The molecule has 3 aromatic carbocycles. The highest BCUT2D eigenvalue weighted by Gasteiger charge is 2.32. The second-order valence-electron chi connectivity index (χ2n) is 7.43. The molecule has 1 aliphatic rings. The summed E-state index contributed by atoms with van der Waals surface area (Å²) in [4.78, 5) is 45.4. The minimum absolute atomic E-state index is 0.0110. The zero-order valence-corrected chi connectivity index (χ0v) is 17.3. The molecule has 0 unspecified atom stereocenters. The normalized spacial score (nSPS) is 12.6. The van der Waals surface area contributed by atoms with E-state index in [4.69, 9.17) is 0 Å². The molecule has 4 aromatic rings. The minimum Gasteiger partial charge on any atom is -0.289 e. The van der Waals surface area contributed by atoms with Crippen LogP contribution in [0.4, 0.5) is 11.5 Å². The molecular formula is C24H15N5O4. The van der Waals surface area contributed by atoms with Gasteiger partial charge in [0, 0.05) is 34.2 Å². The van der Waals surface area contributed by atoms with Crippen LogP contribution in [0.3, 0.4) is 0 Å². The largest absolute Gasteiger partial charge is 0.289 e. The Morgan fingerprint density at radius 1 is 0.909 bits per heavy atom.